The Morgan fingerprint density at radius 3 is 2.50 bits per heavy atom. The molecule has 3 nitrogen and oxygen atoms in total. The van der Waals surface area contributed by atoms with Crippen LogP contribution < -0.4 is 0 Å². The topological polar surface area (TPSA) is 43.4 Å². The molecule has 0 atom stereocenters. The Kier molecular flexibility index (Phi) is 2.94. The van der Waals surface area contributed by atoms with Crippen LogP contribution in [0.1, 0.15) is 11.1 Å². The monoisotopic (exact) mass is 256 g/mol. The third kappa shape index (κ3) is 2.42. The SMILES string of the molecule is O=C1COC(=O)C1=Cc1cccc(C(F)(F)F)c1. The predicted octanol–water partition coefficient (Wildman–Crippen LogP) is 2.21. The number of ketones is 1. The number of ether oxygens (including phenoxy) is 1. The van der Waals surface area contributed by atoms with Gasteiger partial charge in [-0.05, 0) is 23.8 Å². The van der Waals surface area contributed by atoms with E-state index >= 15 is 0 Å². The van der Waals surface area contributed by atoms with Crippen LogP contribution in [0.3, 0.4) is 0 Å². The molecular formula is C12H7F3O3. The zero-order valence-electron chi connectivity index (χ0n) is 8.95. The minimum Gasteiger partial charge on any atom is -0.454 e. The van der Waals surface area contributed by atoms with E-state index in [4.69, 9.17) is 0 Å². The highest BCUT2D eigenvalue weighted by molar-refractivity contribution is 6.24. The normalized spacial score (nSPS) is 18.3. The number of alkyl halides is 3. The van der Waals surface area contributed by atoms with Gasteiger partial charge in [-0.1, -0.05) is 12.1 Å². The summed E-state index contributed by atoms with van der Waals surface area (Å²) in [5, 5.41) is 0. The number of Topliss-reactive ketones (excluding diaryl/α,β-unsaturated/α-hetero) is 1. The average Bonchev–Trinajstić information content (AvgIpc) is 2.60. The third-order valence-corrected chi connectivity index (χ3v) is 2.38. The minimum absolute atomic E-state index is 0.132. The van der Waals surface area contributed by atoms with Crippen molar-refractivity contribution in [2.45, 2.75) is 6.18 Å². The minimum atomic E-state index is -4.46. The molecule has 0 bridgehead atoms. The van der Waals surface area contributed by atoms with Gasteiger partial charge in [-0.2, -0.15) is 13.2 Å². The number of carbonyl (C=O) groups is 2. The van der Waals surface area contributed by atoms with E-state index in [1.807, 2.05) is 0 Å². The van der Waals surface area contributed by atoms with Gasteiger partial charge >= 0.3 is 12.1 Å². The smallest absolute Gasteiger partial charge is 0.416 e. The van der Waals surface area contributed by atoms with E-state index in [1.165, 1.54) is 12.1 Å². The highest BCUT2D eigenvalue weighted by Gasteiger charge is 2.31. The number of hydrogen-bond acceptors (Lipinski definition) is 3. The van der Waals surface area contributed by atoms with Crippen LogP contribution in [0.4, 0.5) is 13.2 Å². The fourth-order valence-corrected chi connectivity index (χ4v) is 1.51. The van der Waals surface area contributed by atoms with Crippen molar-refractivity contribution in [3.05, 3.63) is 41.0 Å². The number of halogens is 3. The van der Waals surface area contributed by atoms with Crippen molar-refractivity contribution in [1.82, 2.24) is 0 Å². The maximum Gasteiger partial charge on any atom is 0.416 e. The lowest BCUT2D eigenvalue weighted by Crippen LogP contribution is -2.05. The standard InChI is InChI=1S/C12H7F3O3/c13-12(14,15)8-3-1-2-7(4-8)5-9-10(16)6-18-11(9)17/h1-5H,6H2. The van der Waals surface area contributed by atoms with E-state index < -0.39 is 23.5 Å². The molecule has 0 radical (unpaired) electrons. The number of carbonyl (C=O) groups excluding carboxylic acids is 2. The van der Waals surface area contributed by atoms with Crippen LogP contribution in [-0.2, 0) is 20.5 Å². The first kappa shape index (κ1) is 12.3. The van der Waals surface area contributed by atoms with Gasteiger partial charge in [0.25, 0.3) is 0 Å². The Balaban J connectivity index is 2.38. The summed E-state index contributed by atoms with van der Waals surface area (Å²) in [5.41, 5.74) is -0.933. The van der Waals surface area contributed by atoms with Crippen LogP contribution in [0.15, 0.2) is 29.8 Å². The van der Waals surface area contributed by atoms with Crippen molar-refractivity contribution in [2.24, 2.45) is 0 Å². The second-order valence-corrected chi connectivity index (χ2v) is 3.68. The van der Waals surface area contributed by atoms with Crippen LogP contribution in [0, 0.1) is 0 Å². The van der Waals surface area contributed by atoms with E-state index in [1.54, 1.807) is 0 Å². The summed E-state index contributed by atoms with van der Waals surface area (Å²) < 4.78 is 41.8. The van der Waals surface area contributed by atoms with Crippen LogP contribution >= 0.6 is 0 Å². The van der Waals surface area contributed by atoms with Crippen molar-refractivity contribution < 1.29 is 27.5 Å². The summed E-state index contributed by atoms with van der Waals surface area (Å²) >= 11 is 0. The van der Waals surface area contributed by atoms with Crippen molar-refractivity contribution in [3.8, 4) is 0 Å². The largest absolute Gasteiger partial charge is 0.454 e. The maximum absolute atomic E-state index is 12.5. The van der Waals surface area contributed by atoms with E-state index in [0.29, 0.717) is 0 Å². The third-order valence-electron chi connectivity index (χ3n) is 2.38. The molecule has 1 heterocycles. The molecule has 6 heteroatoms. The molecule has 94 valence electrons. The molecular weight excluding hydrogens is 249 g/mol. The van der Waals surface area contributed by atoms with Crippen molar-refractivity contribution in [1.29, 1.82) is 0 Å². The maximum atomic E-state index is 12.5. The Labute approximate surface area is 99.9 Å². The molecule has 18 heavy (non-hydrogen) atoms. The van der Waals surface area contributed by atoms with Gasteiger partial charge in [-0.3, -0.25) is 4.79 Å². The van der Waals surface area contributed by atoms with Gasteiger partial charge in [0.15, 0.2) is 6.61 Å². The molecule has 0 unspecified atom stereocenters. The van der Waals surface area contributed by atoms with Gasteiger partial charge in [-0.15, -0.1) is 0 Å². The summed E-state index contributed by atoms with van der Waals surface area (Å²) in [5.74, 6) is -1.34. The second kappa shape index (κ2) is 4.29. The quantitative estimate of drug-likeness (QED) is 0.439. The van der Waals surface area contributed by atoms with Crippen molar-refractivity contribution in [2.75, 3.05) is 6.61 Å². The van der Waals surface area contributed by atoms with E-state index in [9.17, 15) is 22.8 Å². The Morgan fingerprint density at radius 2 is 1.94 bits per heavy atom. The number of benzene rings is 1. The highest BCUT2D eigenvalue weighted by Crippen LogP contribution is 2.30. The first-order chi connectivity index (χ1) is 8.38. The average molecular weight is 256 g/mol. The lowest BCUT2D eigenvalue weighted by molar-refractivity contribution is -0.137. The highest BCUT2D eigenvalue weighted by atomic mass is 19.4. The number of esters is 1. The van der Waals surface area contributed by atoms with Gasteiger partial charge in [0.05, 0.1) is 5.56 Å². The van der Waals surface area contributed by atoms with Crippen LogP contribution in [0.2, 0.25) is 0 Å². The molecule has 0 aromatic heterocycles. The Bertz CT molecular complexity index is 526. The molecule has 1 aliphatic heterocycles. The van der Waals surface area contributed by atoms with Crippen molar-refractivity contribution >= 4 is 17.8 Å². The van der Waals surface area contributed by atoms with E-state index in [2.05, 4.69) is 4.74 Å². The summed E-state index contributed by atoms with van der Waals surface area (Å²) in [6.45, 7) is -0.358. The molecule has 0 amide bonds. The second-order valence-electron chi connectivity index (χ2n) is 3.68. The van der Waals surface area contributed by atoms with E-state index in [0.717, 1.165) is 18.2 Å². The number of rotatable bonds is 1. The molecule has 0 aliphatic carbocycles. The van der Waals surface area contributed by atoms with E-state index in [-0.39, 0.29) is 17.7 Å². The van der Waals surface area contributed by atoms with Gasteiger partial charge in [0.2, 0.25) is 5.78 Å². The zero-order valence-corrected chi connectivity index (χ0v) is 8.95. The molecule has 2 rings (SSSR count). The lowest BCUT2D eigenvalue weighted by atomic mass is 10.1. The first-order valence-corrected chi connectivity index (χ1v) is 4.97. The molecule has 1 saturated heterocycles. The lowest BCUT2D eigenvalue weighted by Gasteiger charge is -2.06. The molecule has 0 spiro atoms. The Hall–Kier alpha value is -2.11. The number of hydrogen-bond donors (Lipinski definition) is 0. The van der Waals surface area contributed by atoms with Gasteiger partial charge in [0, 0.05) is 0 Å². The molecule has 1 aromatic carbocycles. The summed E-state index contributed by atoms with van der Waals surface area (Å²) in [6.07, 6.45) is -3.36. The van der Waals surface area contributed by atoms with Gasteiger partial charge in [-0.25, -0.2) is 4.79 Å². The summed E-state index contributed by atoms with van der Waals surface area (Å²) in [7, 11) is 0. The summed E-state index contributed by atoms with van der Waals surface area (Å²) in [4.78, 5) is 22.4. The zero-order chi connectivity index (χ0) is 13.3. The van der Waals surface area contributed by atoms with Crippen LogP contribution in [0.25, 0.3) is 6.08 Å². The fraction of sp³-hybridized carbons (Fsp3) is 0.167. The van der Waals surface area contributed by atoms with Crippen molar-refractivity contribution in [3.63, 3.8) is 0 Å². The molecule has 1 aliphatic rings. The predicted molar refractivity (Wildman–Crippen MR) is 55.4 cm³/mol. The first-order valence-electron chi connectivity index (χ1n) is 4.97. The summed E-state index contributed by atoms with van der Waals surface area (Å²) in [6, 6.07) is 4.36. The fourth-order valence-electron chi connectivity index (χ4n) is 1.51. The van der Waals surface area contributed by atoms with Gasteiger partial charge < -0.3 is 4.74 Å². The molecule has 0 saturated carbocycles. The van der Waals surface area contributed by atoms with Crippen LogP contribution in [-0.4, -0.2) is 18.4 Å². The molecule has 0 N–H and O–H groups in total. The van der Waals surface area contributed by atoms with Crippen LogP contribution in [0.5, 0.6) is 0 Å². The molecule has 1 fully saturated rings. The number of cyclic esters (lactones) is 1. The Morgan fingerprint density at radius 1 is 1.22 bits per heavy atom. The molecule has 1 aromatic rings. The van der Waals surface area contributed by atoms with Gasteiger partial charge in [0.1, 0.15) is 5.57 Å².